The highest BCUT2D eigenvalue weighted by Gasteiger charge is 2.07. The second kappa shape index (κ2) is 17.8. The van der Waals surface area contributed by atoms with Gasteiger partial charge in [0, 0.05) is 10.7 Å². The van der Waals surface area contributed by atoms with Gasteiger partial charge in [-0.15, -0.1) is 0 Å². The smallest absolute Gasteiger partial charge is 0.309 e. The van der Waals surface area contributed by atoms with Gasteiger partial charge >= 0.3 is 11.9 Å². The van der Waals surface area contributed by atoms with E-state index in [1.54, 1.807) is 12.1 Å². The molecule has 0 bridgehead atoms. The Labute approximate surface area is 235 Å². The number of carbonyl (C=O) groups excluding carboxylic acids is 1. The van der Waals surface area contributed by atoms with E-state index < -0.39 is 16.1 Å². The van der Waals surface area contributed by atoms with Crippen molar-refractivity contribution in [1.82, 2.24) is 0 Å². The predicted octanol–water partition coefficient (Wildman–Crippen LogP) is 6.38. The van der Waals surface area contributed by atoms with Gasteiger partial charge in [0.15, 0.2) is 0 Å². The standard InChI is InChI=1S/C10H11BrO2.C9H9BrO2.C7H8O3S.CH4/c1-13-10(12)6-8-2-4-9(7-11)5-3-8;10-6-8-3-1-7(2-4-8)5-9(11)12;1-6-2-4-7(5-3-6)11(8,9)10;/h2-5H,6-7H2,1H3;1-4H,5-6H2,(H,11,12);2-5H,1H3,(H,8,9,10);1H4. The molecule has 202 valence electrons. The molecule has 0 saturated heterocycles. The third kappa shape index (κ3) is 14.7. The zero-order chi connectivity index (χ0) is 27.1. The highest BCUT2D eigenvalue weighted by molar-refractivity contribution is 9.08. The molecule has 0 amide bonds. The van der Waals surface area contributed by atoms with Crippen LogP contribution in [0.4, 0.5) is 0 Å². The first-order valence-corrected chi connectivity index (χ1v) is 14.3. The second-order valence-corrected chi connectivity index (χ2v) is 10.1. The molecule has 0 fully saturated rings. The van der Waals surface area contributed by atoms with E-state index in [1.807, 2.05) is 55.5 Å². The lowest BCUT2D eigenvalue weighted by Crippen LogP contribution is -2.04. The molecule has 0 saturated carbocycles. The van der Waals surface area contributed by atoms with E-state index in [0.717, 1.165) is 32.9 Å². The summed E-state index contributed by atoms with van der Waals surface area (Å²) in [5.41, 5.74) is 5.14. The normalized spacial score (nSPS) is 9.97. The predicted molar refractivity (Wildman–Crippen MR) is 153 cm³/mol. The van der Waals surface area contributed by atoms with Gasteiger partial charge in [-0.3, -0.25) is 14.1 Å². The summed E-state index contributed by atoms with van der Waals surface area (Å²) in [7, 11) is -2.62. The number of rotatable bonds is 7. The molecule has 0 aromatic heterocycles. The number of methoxy groups -OCH3 is 1. The number of benzene rings is 3. The molecule has 0 atom stereocenters. The first-order valence-electron chi connectivity index (χ1n) is 10.6. The molecule has 3 rings (SSSR count). The Balaban J connectivity index is 0.000000520. The lowest BCUT2D eigenvalue weighted by atomic mass is 10.1. The van der Waals surface area contributed by atoms with Gasteiger partial charge in [-0.25, -0.2) is 0 Å². The number of carboxylic acid groups (broad SMARTS) is 1. The van der Waals surface area contributed by atoms with Crippen molar-refractivity contribution in [3.05, 3.63) is 101 Å². The molecule has 7 nitrogen and oxygen atoms in total. The Morgan fingerprint density at radius 1 is 0.757 bits per heavy atom. The monoisotopic (exact) mass is 658 g/mol. The summed E-state index contributed by atoms with van der Waals surface area (Å²) in [5.74, 6) is -0.992. The Kier molecular flexibility index (Phi) is 16.6. The Bertz CT molecular complexity index is 1190. The van der Waals surface area contributed by atoms with Crippen LogP contribution in [-0.2, 0) is 47.9 Å². The number of aryl methyl sites for hydroxylation is 1. The molecule has 0 heterocycles. The van der Waals surface area contributed by atoms with Crippen molar-refractivity contribution < 1.29 is 32.4 Å². The van der Waals surface area contributed by atoms with Gasteiger partial charge in [0.25, 0.3) is 10.1 Å². The first-order chi connectivity index (χ1) is 17.0. The maximum atomic E-state index is 10.9. The summed E-state index contributed by atoms with van der Waals surface area (Å²) >= 11 is 6.67. The van der Waals surface area contributed by atoms with Crippen LogP contribution in [0.15, 0.2) is 77.7 Å². The molecular weight excluding hydrogens is 628 g/mol. The average Bonchev–Trinajstić information content (AvgIpc) is 2.85. The van der Waals surface area contributed by atoms with Crippen LogP contribution in [-0.4, -0.2) is 37.1 Å². The first kappa shape index (κ1) is 34.5. The molecule has 0 aliphatic heterocycles. The number of aliphatic carboxylic acids is 1. The minimum absolute atomic E-state index is 0. The minimum Gasteiger partial charge on any atom is -0.481 e. The van der Waals surface area contributed by atoms with Gasteiger partial charge < -0.3 is 9.84 Å². The van der Waals surface area contributed by atoms with Crippen molar-refractivity contribution in [3.8, 4) is 0 Å². The molecule has 0 aliphatic carbocycles. The number of hydrogen-bond acceptors (Lipinski definition) is 5. The maximum absolute atomic E-state index is 10.9. The quantitative estimate of drug-likeness (QED) is 0.172. The van der Waals surface area contributed by atoms with Crippen molar-refractivity contribution in [1.29, 1.82) is 0 Å². The Morgan fingerprint density at radius 2 is 1.14 bits per heavy atom. The van der Waals surface area contributed by atoms with Gasteiger partial charge in [0.1, 0.15) is 0 Å². The van der Waals surface area contributed by atoms with Crippen molar-refractivity contribution in [2.24, 2.45) is 0 Å². The number of alkyl halides is 2. The minimum atomic E-state index is -4.02. The van der Waals surface area contributed by atoms with Crippen molar-refractivity contribution in [3.63, 3.8) is 0 Å². The van der Waals surface area contributed by atoms with Gasteiger partial charge in [0.05, 0.1) is 24.8 Å². The van der Waals surface area contributed by atoms with Crippen LogP contribution in [0.5, 0.6) is 0 Å². The van der Waals surface area contributed by atoms with Crippen molar-refractivity contribution in [2.45, 2.75) is 42.7 Å². The van der Waals surface area contributed by atoms with Crippen LogP contribution in [0.2, 0.25) is 0 Å². The number of halogens is 2. The van der Waals surface area contributed by atoms with E-state index in [0.29, 0.717) is 6.42 Å². The fourth-order valence-electron chi connectivity index (χ4n) is 2.62. The summed E-state index contributed by atoms with van der Waals surface area (Å²) in [5, 5.41) is 10.1. The number of esters is 1. The Hall–Kier alpha value is -2.53. The van der Waals surface area contributed by atoms with E-state index >= 15 is 0 Å². The molecule has 37 heavy (non-hydrogen) atoms. The average molecular weight is 660 g/mol. The van der Waals surface area contributed by atoms with Crippen LogP contribution in [0.1, 0.15) is 35.2 Å². The van der Waals surface area contributed by atoms with Gasteiger partial charge in [-0.2, -0.15) is 8.42 Å². The molecule has 3 aromatic carbocycles. The third-order valence-electron chi connectivity index (χ3n) is 4.60. The number of ether oxygens (including phenoxy) is 1. The van der Waals surface area contributed by atoms with E-state index in [1.165, 1.54) is 24.8 Å². The molecule has 0 aliphatic rings. The van der Waals surface area contributed by atoms with Crippen LogP contribution >= 0.6 is 31.9 Å². The summed E-state index contributed by atoms with van der Waals surface area (Å²) in [6.45, 7) is 1.84. The SMILES string of the molecule is C.COC(=O)Cc1ccc(CBr)cc1.Cc1ccc(S(=O)(=O)O)cc1.O=C(O)Cc1ccc(CBr)cc1. The second-order valence-electron chi connectivity index (χ2n) is 7.51. The highest BCUT2D eigenvalue weighted by Crippen LogP contribution is 2.10. The fourth-order valence-corrected chi connectivity index (χ4v) is 3.84. The van der Waals surface area contributed by atoms with Gasteiger partial charge in [-0.05, 0) is 41.3 Å². The van der Waals surface area contributed by atoms with Crippen molar-refractivity contribution in [2.75, 3.05) is 7.11 Å². The van der Waals surface area contributed by atoms with E-state index in [2.05, 4.69) is 36.6 Å². The topological polar surface area (TPSA) is 118 Å². The van der Waals surface area contributed by atoms with Crippen LogP contribution in [0.25, 0.3) is 0 Å². The van der Waals surface area contributed by atoms with Gasteiger partial charge in [0.2, 0.25) is 0 Å². The molecule has 0 unspecified atom stereocenters. The van der Waals surface area contributed by atoms with E-state index in [-0.39, 0.29) is 24.7 Å². The number of carboxylic acids is 1. The molecule has 0 radical (unpaired) electrons. The molecule has 10 heteroatoms. The lowest BCUT2D eigenvalue weighted by Gasteiger charge is -2.00. The summed E-state index contributed by atoms with van der Waals surface area (Å²) in [6.07, 6.45) is 0.446. The highest BCUT2D eigenvalue weighted by atomic mass is 79.9. The molecule has 3 aromatic rings. The zero-order valence-corrected chi connectivity index (χ0v) is 23.8. The van der Waals surface area contributed by atoms with Gasteiger partial charge in [-0.1, -0.05) is 106 Å². The maximum Gasteiger partial charge on any atom is 0.309 e. The third-order valence-corrected chi connectivity index (χ3v) is 6.77. The Morgan fingerprint density at radius 3 is 1.46 bits per heavy atom. The van der Waals surface area contributed by atoms with Crippen LogP contribution in [0.3, 0.4) is 0 Å². The summed E-state index contributed by atoms with van der Waals surface area (Å²) < 4.78 is 34.1. The largest absolute Gasteiger partial charge is 0.481 e. The number of hydrogen-bond donors (Lipinski definition) is 2. The molecule has 2 N–H and O–H groups in total. The summed E-state index contributed by atoms with van der Waals surface area (Å²) in [6, 6.07) is 21.4. The number of carbonyl (C=O) groups is 2. The zero-order valence-electron chi connectivity index (χ0n) is 19.9. The summed E-state index contributed by atoms with van der Waals surface area (Å²) in [4.78, 5) is 21.2. The fraction of sp³-hybridized carbons (Fsp3) is 0.259. The van der Waals surface area contributed by atoms with E-state index in [9.17, 15) is 18.0 Å². The lowest BCUT2D eigenvalue weighted by molar-refractivity contribution is -0.140. The van der Waals surface area contributed by atoms with Crippen LogP contribution < -0.4 is 0 Å². The van der Waals surface area contributed by atoms with Crippen LogP contribution in [0, 0.1) is 6.92 Å². The molecule has 0 spiro atoms. The van der Waals surface area contributed by atoms with E-state index in [4.69, 9.17) is 9.66 Å². The molecular formula is C27H32Br2O7S. The van der Waals surface area contributed by atoms with Crippen molar-refractivity contribution >= 4 is 53.9 Å².